The molecule has 1 fully saturated rings. The fraction of sp³-hybridized carbons (Fsp3) is 0.333. The Bertz CT molecular complexity index is 579. The Balaban J connectivity index is 1.61. The number of hydrogen-bond donors (Lipinski definition) is 1. The van der Waals surface area contributed by atoms with Crippen LogP contribution < -0.4 is 10.1 Å². The second-order valence-corrected chi connectivity index (χ2v) is 6.39. The van der Waals surface area contributed by atoms with E-state index in [0.29, 0.717) is 12.6 Å². The second kappa shape index (κ2) is 7.10. The fourth-order valence-corrected chi connectivity index (χ4v) is 3.28. The van der Waals surface area contributed by atoms with E-state index < -0.39 is 0 Å². The Kier molecular flexibility index (Phi) is 4.94. The third kappa shape index (κ3) is 4.08. The zero-order valence-electron chi connectivity index (χ0n) is 12.0. The van der Waals surface area contributed by atoms with Crippen LogP contribution in [0.3, 0.4) is 0 Å². The maximum Gasteiger partial charge on any atom is 0.134 e. The van der Waals surface area contributed by atoms with Gasteiger partial charge in [-0.15, -0.1) is 0 Å². The molecule has 0 saturated carbocycles. The zero-order chi connectivity index (χ0) is 14.5. The highest BCUT2D eigenvalue weighted by Crippen LogP contribution is 2.27. The molecule has 0 spiro atoms. The number of nitrogens with one attached hydrogen (secondary N) is 1. The van der Waals surface area contributed by atoms with Crippen molar-refractivity contribution >= 4 is 15.9 Å². The molecule has 1 saturated heterocycles. The van der Waals surface area contributed by atoms with Gasteiger partial charge in [0.25, 0.3) is 0 Å². The van der Waals surface area contributed by atoms with Gasteiger partial charge < -0.3 is 10.1 Å². The van der Waals surface area contributed by atoms with E-state index in [1.807, 2.05) is 18.2 Å². The summed E-state index contributed by atoms with van der Waals surface area (Å²) in [4.78, 5) is 0. The van der Waals surface area contributed by atoms with E-state index in [2.05, 4.69) is 51.6 Å². The van der Waals surface area contributed by atoms with Crippen LogP contribution in [0.2, 0.25) is 0 Å². The molecule has 0 amide bonds. The van der Waals surface area contributed by atoms with Gasteiger partial charge in [-0.3, -0.25) is 0 Å². The van der Waals surface area contributed by atoms with Crippen LogP contribution in [0.4, 0.5) is 0 Å². The number of ether oxygens (including phenoxy) is 1. The van der Waals surface area contributed by atoms with Gasteiger partial charge in [-0.2, -0.15) is 0 Å². The van der Waals surface area contributed by atoms with Crippen LogP contribution in [-0.4, -0.2) is 12.6 Å². The first-order chi connectivity index (χ1) is 10.3. The number of benzene rings is 2. The monoisotopic (exact) mass is 345 g/mol. The van der Waals surface area contributed by atoms with Gasteiger partial charge in [0.2, 0.25) is 0 Å². The first-order valence-electron chi connectivity index (χ1n) is 7.50. The third-order valence-corrected chi connectivity index (χ3v) is 4.50. The molecule has 2 nitrogen and oxygen atoms in total. The maximum atomic E-state index is 5.89. The summed E-state index contributed by atoms with van der Waals surface area (Å²) in [7, 11) is 0. The molecule has 3 rings (SSSR count). The molecule has 0 bridgehead atoms. The van der Waals surface area contributed by atoms with Gasteiger partial charge in [-0.25, -0.2) is 0 Å². The van der Waals surface area contributed by atoms with Crippen molar-refractivity contribution in [2.45, 2.75) is 31.9 Å². The van der Waals surface area contributed by atoms with Crippen LogP contribution in [-0.2, 0) is 13.0 Å². The smallest absolute Gasteiger partial charge is 0.134 e. The van der Waals surface area contributed by atoms with Crippen molar-refractivity contribution in [3.8, 4) is 5.75 Å². The molecule has 21 heavy (non-hydrogen) atoms. The van der Waals surface area contributed by atoms with E-state index in [-0.39, 0.29) is 0 Å². The first kappa shape index (κ1) is 14.6. The summed E-state index contributed by atoms with van der Waals surface area (Å²) in [6, 6.07) is 17.3. The van der Waals surface area contributed by atoms with E-state index in [1.165, 1.54) is 24.0 Å². The van der Waals surface area contributed by atoms with Crippen molar-refractivity contribution in [3.63, 3.8) is 0 Å². The summed E-state index contributed by atoms with van der Waals surface area (Å²) in [5.74, 6) is 0.905. The Morgan fingerprint density at radius 3 is 2.67 bits per heavy atom. The van der Waals surface area contributed by atoms with Crippen molar-refractivity contribution < 1.29 is 4.74 Å². The fourth-order valence-electron chi connectivity index (χ4n) is 2.74. The molecule has 1 aliphatic heterocycles. The molecular weight excluding hydrogens is 326 g/mol. The maximum absolute atomic E-state index is 5.89. The molecule has 1 aliphatic rings. The lowest BCUT2D eigenvalue weighted by molar-refractivity contribution is 0.304. The third-order valence-electron chi connectivity index (χ3n) is 3.88. The molecular formula is C18H20BrNO. The summed E-state index contributed by atoms with van der Waals surface area (Å²) in [6.45, 7) is 1.76. The van der Waals surface area contributed by atoms with Crippen LogP contribution in [0, 0.1) is 0 Å². The second-order valence-electron chi connectivity index (χ2n) is 5.54. The predicted octanol–water partition coefficient (Wildman–Crippen LogP) is 4.32. The molecule has 1 atom stereocenters. The Hall–Kier alpha value is -1.32. The van der Waals surface area contributed by atoms with Crippen LogP contribution in [0.25, 0.3) is 0 Å². The summed E-state index contributed by atoms with van der Waals surface area (Å²) >= 11 is 3.62. The minimum absolute atomic E-state index is 0.600. The van der Waals surface area contributed by atoms with Crippen LogP contribution in [0.1, 0.15) is 24.0 Å². The molecule has 110 valence electrons. The lowest BCUT2D eigenvalue weighted by Crippen LogP contribution is -2.23. The van der Waals surface area contributed by atoms with Crippen LogP contribution >= 0.6 is 15.9 Å². The molecule has 2 aromatic rings. The van der Waals surface area contributed by atoms with E-state index in [4.69, 9.17) is 4.74 Å². The Morgan fingerprint density at radius 1 is 1.10 bits per heavy atom. The summed E-state index contributed by atoms with van der Waals surface area (Å²) < 4.78 is 6.92. The van der Waals surface area contributed by atoms with E-state index >= 15 is 0 Å². The average molecular weight is 346 g/mol. The highest BCUT2D eigenvalue weighted by Gasteiger charge is 2.15. The average Bonchev–Trinajstić information content (AvgIpc) is 3.00. The zero-order valence-corrected chi connectivity index (χ0v) is 13.6. The minimum atomic E-state index is 0.600. The lowest BCUT2D eigenvalue weighted by Gasteiger charge is -2.13. The normalized spacial score (nSPS) is 17.9. The molecule has 0 aliphatic carbocycles. The van der Waals surface area contributed by atoms with Gasteiger partial charge in [0.15, 0.2) is 0 Å². The number of hydrogen-bond acceptors (Lipinski definition) is 2. The molecule has 3 heteroatoms. The molecule has 1 heterocycles. The predicted molar refractivity (Wildman–Crippen MR) is 89.6 cm³/mol. The van der Waals surface area contributed by atoms with Crippen molar-refractivity contribution in [1.29, 1.82) is 0 Å². The summed E-state index contributed by atoms with van der Waals surface area (Å²) in [5, 5.41) is 3.54. The minimum Gasteiger partial charge on any atom is -0.488 e. The molecule has 0 aromatic heterocycles. The Morgan fingerprint density at radius 2 is 1.95 bits per heavy atom. The van der Waals surface area contributed by atoms with E-state index in [1.54, 1.807) is 0 Å². The SMILES string of the molecule is Brc1cc(CC2CCCN2)ccc1OCc1ccccc1. The Labute approximate surface area is 134 Å². The molecule has 2 aromatic carbocycles. The highest BCUT2D eigenvalue weighted by atomic mass is 79.9. The van der Waals surface area contributed by atoms with Gasteiger partial charge >= 0.3 is 0 Å². The number of rotatable bonds is 5. The van der Waals surface area contributed by atoms with Gasteiger partial charge in [-0.1, -0.05) is 36.4 Å². The molecule has 1 N–H and O–H groups in total. The summed E-state index contributed by atoms with van der Waals surface area (Å²) in [5.41, 5.74) is 2.54. The van der Waals surface area contributed by atoms with Gasteiger partial charge in [0.1, 0.15) is 12.4 Å². The van der Waals surface area contributed by atoms with Gasteiger partial charge in [-0.05, 0) is 65.0 Å². The molecule has 0 radical (unpaired) electrons. The van der Waals surface area contributed by atoms with Crippen molar-refractivity contribution in [2.24, 2.45) is 0 Å². The van der Waals surface area contributed by atoms with Crippen LogP contribution in [0.5, 0.6) is 5.75 Å². The lowest BCUT2D eigenvalue weighted by atomic mass is 10.0. The van der Waals surface area contributed by atoms with Gasteiger partial charge in [0, 0.05) is 6.04 Å². The molecule has 1 unspecified atom stereocenters. The topological polar surface area (TPSA) is 21.3 Å². The van der Waals surface area contributed by atoms with Gasteiger partial charge in [0.05, 0.1) is 4.47 Å². The van der Waals surface area contributed by atoms with E-state index in [9.17, 15) is 0 Å². The summed E-state index contributed by atoms with van der Waals surface area (Å²) in [6.07, 6.45) is 3.67. The number of halogens is 1. The highest BCUT2D eigenvalue weighted by molar-refractivity contribution is 9.10. The van der Waals surface area contributed by atoms with Crippen LogP contribution in [0.15, 0.2) is 53.0 Å². The van der Waals surface area contributed by atoms with Crippen molar-refractivity contribution in [1.82, 2.24) is 5.32 Å². The largest absolute Gasteiger partial charge is 0.488 e. The standard InChI is InChI=1S/C18H20BrNO/c19-17-12-15(11-16-7-4-10-20-16)8-9-18(17)21-13-14-5-2-1-3-6-14/h1-3,5-6,8-9,12,16,20H,4,7,10-11,13H2. The van der Waals surface area contributed by atoms with Crippen molar-refractivity contribution in [3.05, 3.63) is 64.1 Å². The quantitative estimate of drug-likeness (QED) is 0.871. The first-order valence-corrected chi connectivity index (χ1v) is 8.29. The van der Waals surface area contributed by atoms with Crippen molar-refractivity contribution in [2.75, 3.05) is 6.54 Å². The van der Waals surface area contributed by atoms with E-state index in [0.717, 1.165) is 23.2 Å².